The van der Waals surface area contributed by atoms with Gasteiger partial charge in [-0.25, -0.2) is 14.4 Å². The summed E-state index contributed by atoms with van der Waals surface area (Å²) < 4.78 is 15.6. The molecule has 2 N–H and O–H groups in total. The van der Waals surface area contributed by atoms with Crippen LogP contribution in [-0.4, -0.2) is 14.5 Å². The third kappa shape index (κ3) is 2.38. The molecule has 0 aliphatic rings. The van der Waals surface area contributed by atoms with Crippen molar-refractivity contribution < 1.29 is 4.39 Å². The highest BCUT2D eigenvalue weighted by atomic mass is 19.1. The number of imidazole rings is 1. The summed E-state index contributed by atoms with van der Waals surface area (Å²) in [7, 11) is 0. The molecule has 5 heteroatoms. The largest absolute Gasteiger partial charge is 0.384 e. The van der Waals surface area contributed by atoms with E-state index in [0.29, 0.717) is 17.9 Å². The monoisotopic (exact) mass is 268 g/mol. The maximum Gasteiger partial charge on any atom is 0.128 e. The Kier molecular flexibility index (Phi) is 3.16. The smallest absolute Gasteiger partial charge is 0.128 e. The van der Waals surface area contributed by atoms with Crippen LogP contribution in [0.2, 0.25) is 0 Å². The molecular weight excluding hydrogens is 255 g/mol. The molecule has 0 aliphatic carbocycles. The number of halogens is 1. The van der Waals surface area contributed by atoms with Gasteiger partial charge in [0.25, 0.3) is 0 Å². The van der Waals surface area contributed by atoms with Crippen LogP contribution in [0, 0.1) is 5.82 Å². The quantitative estimate of drug-likeness (QED) is 0.794. The van der Waals surface area contributed by atoms with Crippen LogP contribution in [-0.2, 0) is 6.54 Å². The van der Waals surface area contributed by atoms with Crippen molar-refractivity contribution in [2.75, 3.05) is 5.73 Å². The molecular formula is C15H13FN4. The third-order valence-corrected chi connectivity index (χ3v) is 3.09. The molecule has 0 amide bonds. The molecule has 2 aromatic heterocycles. The fourth-order valence-electron chi connectivity index (χ4n) is 2.10. The topological polar surface area (TPSA) is 56.7 Å². The molecule has 2 heterocycles. The maximum absolute atomic E-state index is 13.7. The van der Waals surface area contributed by atoms with Gasteiger partial charge in [0, 0.05) is 17.3 Å². The van der Waals surface area contributed by atoms with Gasteiger partial charge in [0.15, 0.2) is 0 Å². The van der Waals surface area contributed by atoms with E-state index in [1.54, 1.807) is 36.9 Å². The molecule has 3 rings (SSSR count). The van der Waals surface area contributed by atoms with E-state index < -0.39 is 0 Å². The number of hydrogen-bond donors (Lipinski definition) is 1. The molecule has 0 radical (unpaired) electrons. The highest BCUT2D eigenvalue weighted by Crippen LogP contribution is 2.21. The van der Waals surface area contributed by atoms with Gasteiger partial charge in [-0.2, -0.15) is 0 Å². The van der Waals surface area contributed by atoms with Crippen molar-refractivity contribution >= 4 is 5.82 Å². The minimum atomic E-state index is -0.221. The number of anilines is 1. The Morgan fingerprint density at radius 3 is 2.85 bits per heavy atom. The number of hydrogen-bond acceptors (Lipinski definition) is 3. The number of benzene rings is 1. The molecule has 1 aromatic carbocycles. The number of pyridine rings is 1. The van der Waals surface area contributed by atoms with Crippen molar-refractivity contribution in [1.29, 1.82) is 0 Å². The van der Waals surface area contributed by atoms with E-state index in [1.165, 1.54) is 6.07 Å². The lowest BCUT2D eigenvalue weighted by molar-refractivity contribution is 0.600. The zero-order valence-electron chi connectivity index (χ0n) is 10.7. The average molecular weight is 268 g/mol. The predicted octanol–water partition coefficient (Wildman–Crippen LogP) is 2.71. The van der Waals surface area contributed by atoms with Crippen molar-refractivity contribution in [2.24, 2.45) is 0 Å². The van der Waals surface area contributed by atoms with E-state index >= 15 is 0 Å². The van der Waals surface area contributed by atoms with Crippen LogP contribution < -0.4 is 5.73 Å². The van der Waals surface area contributed by atoms with Crippen LogP contribution >= 0.6 is 0 Å². The second-order valence-corrected chi connectivity index (χ2v) is 4.47. The molecule has 0 spiro atoms. The van der Waals surface area contributed by atoms with Crippen LogP contribution in [0.25, 0.3) is 11.3 Å². The maximum atomic E-state index is 13.7. The summed E-state index contributed by atoms with van der Waals surface area (Å²) in [5, 5.41) is 0. The highest BCUT2D eigenvalue weighted by Gasteiger charge is 2.08. The van der Waals surface area contributed by atoms with Crippen molar-refractivity contribution in [3.8, 4) is 11.3 Å². The molecule has 0 saturated heterocycles. The Hall–Kier alpha value is -2.69. The Morgan fingerprint density at radius 2 is 2.05 bits per heavy atom. The average Bonchev–Trinajstić information content (AvgIpc) is 2.90. The Morgan fingerprint density at radius 1 is 1.20 bits per heavy atom. The van der Waals surface area contributed by atoms with E-state index in [4.69, 9.17) is 5.73 Å². The summed E-state index contributed by atoms with van der Waals surface area (Å²) in [6.45, 7) is 0.421. The molecule has 0 unspecified atom stereocenters. The number of nitrogen functional groups attached to an aromatic ring is 1. The Labute approximate surface area is 115 Å². The van der Waals surface area contributed by atoms with Crippen molar-refractivity contribution in [1.82, 2.24) is 14.5 Å². The second-order valence-electron chi connectivity index (χ2n) is 4.47. The summed E-state index contributed by atoms with van der Waals surface area (Å²) in [6.07, 6.45) is 5.05. The van der Waals surface area contributed by atoms with Crippen LogP contribution in [0.4, 0.5) is 10.2 Å². The van der Waals surface area contributed by atoms with Gasteiger partial charge >= 0.3 is 0 Å². The highest BCUT2D eigenvalue weighted by molar-refractivity contribution is 5.61. The summed E-state index contributed by atoms with van der Waals surface area (Å²) in [5.41, 5.74) is 8.10. The van der Waals surface area contributed by atoms with Gasteiger partial charge in [-0.05, 0) is 18.2 Å². The molecule has 0 fully saturated rings. The lowest BCUT2D eigenvalue weighted by Gasteiger charge is -2.09. The van der Waals surface area contributed by atoms with Gasteiger partial charge in [-0.1, -0.05) is 18.2 Å². The zero-order chi connectivity index (χ0) is 13.9. The first-order valence-electron chi connectivity index (χ1n) is 6.19. The molecule has 100 valence electrons. The molecule has 0 aliphatic heterocycles. The minimum Gasteiger partial charge on any atom is -0.384 e. The molecule has 4 nitrogen and oxygen atoms in total. The van der Waals surface area contributed by atoms with Gasteiger partial charge < -0.3 is 10.3 Å². The summed E-state index contributed by atoms with van der Waals surface area (Å²) in [6, 6.07) is 10.3. The van der Waals surface area contributed by atoms with E-state index in [0.717, 1.165) is 11.3 Å². The van der Waals surface area contributed by atoms with Gasteiger partial charge in [0.1, 0.15) is 11.6 Å². The van der Waals surface area contributed by atoms with Crippen molar-refractivity contribution in [3.05, 3.63) is 66.5 Å². The van der Waals surface area contributed by atoms with Crippen LogP contribution in [0.1, 0.15) is 5.56 Å². The standard InChI is InChI=1S/C15H13FN4/c16-13-4-2-1-3-12(13)9-20-10-18-8-14(20)11-5-6-19-15(17)7-11/h1-8,10H,9H2,(H2,17,19). The van der Waals surface area contributed by atoms with Gasteiger partial charge in [-0.3, -0.25) is 0 Å². The SMILES string of the molecule is Nc1cc(-c2cncn2Cc2ccccc2F)ccn1. The zero-order valence-corrected chi connectivity index (χ0v) is 10.7. The number of nitrogens with two attached hydrogens (primary N) is 1. The van der Waals surface area contributed by atoms with Gasteiger partial charge in [0.2, 0.25) is 0 Å². The third-order valence-electron chi connectivity index (χ3n) is 3.09. The van der Waals surface area contributed by atoms with Gasteiger partial charge in [-0.15, -0.1) is 0 Å². The first-order chi connectivity index (χ1) is 9.74. The van der Waals surface area contributed by atoms with E-state index in [-0.39, 0.29) is 5.82 Å². The molecule has 20 heavy (non-hydrogen) atoms. The molecule has 0 saturated carbocycles. The minimum absolute atomic E-state index is 0.221. The van der Waals surface area contributed by atoms with E-state index in [9.17, 15) is 4.39 Å². The summed E-state index contributed by atoms with van der Waals surface area (Å²) in [4.78, 5) is 8.10. The van der Waals surface area contributed by atoms with Crippen LogP contribution in [0.15, 0.2) is 55.1 Å². The Balaban J connectivity index is 1.97. The van der Waals surface area contributed by atoms with Crippen LogP contribution in [0.3, 0.4) is 0 Å². The normalized spacial score (nSPS) is 10.7. The lowest BCUT2D eigenvalue weighted by atomic mass is 10.1. The Bertz CT molecular complexity index is 736. The number of nitrogens with zero attached hydrogens (tertiary/aromatic N) is 3. The molecule has 0 atom stereocenters. The van der Waals surface area contributed by atoms with Gasteiger partial charge in [0.05, 0.1) is 24.8 Å². The predicted molar refractivity (Wildman–Crippen MR) is 75.4 cm³/mol. The van der Waals surface area contributed by atoms with Crippen molar-refractivity contribution in [2.45, 2.75) is 6.54 Å². The fraction of sp³-hybridized carbons (Fsp3) is 0.0667. The fourth-order valence-corrected chi connectivity index (χ4v) is 2.10. The van der Waals surface area contributed by atoms with Crippen molar-refractivity contribution in [3.63, 3.8) is 0 Å². The van der Waals surface area contributed by atoms with E-state index in [1.807, 2.05) is 16.7 Å². The van der Waals surface area contributed by atoms with Crippen LogP contribution in [0.5, 0.6) is 0 Å². The molecule has 3 aromatic rings. The number of rotatable bonds is 3. The first kappa shape index (κ1) is 12.3. The summed E-state index contributed by atoms with van der Waals surface area (Å²) in [5.74, 6) is 0.225. The second kappa shape index (κ2) is 5.13. The summed E-state index contributed by atoms with van der Waals surface area (Å²) >= 11 is 0. The molecule has 0 bridgehead atoms. The first-order valence-corrected chi connectivity index (χ1v) is 6.19. The lowest BCUT2D eigenvalue weighted by Crippen LogP contribution is -2.02. The number of aromatic nitrogens is 3. The van der Waals surface area contributed by atoms with E-state index in [2.05, 4.69) is 9.97 Å².